The zero-order valence-corrected chi connectivity index (χ0v) is 11.2. The van der Waals surface area contributed by atoms with E-state index in [0.717, 1.165) is 11.3 Å². The fraction of sp³-hybridized carbons (Fsp3) is 0.571. The fourth-order valence-corrected chi connectivity index (χ4v) is 2.20. The van der Waals surface area contributed by atoms with Gasteiger partial charge in [0.1, 0.15) is 11.9 Å². The minimum absolute atomic E-state index is 0.178. The fourth-order valence-electron chi connectivity index (χ4n) is 2.20. The summed E-state index contributed by atoms with van der Waals surface area (Å²) in [4.78, 5) is 0. The normalized spacial score (nSPS) is 31.2. The average Bonchev–Trinajstić information content (AvgIpc) is 2.38. The molecule has 0 amide bonds. The van der Waals surface area contributed by atoms with Gasteiger partial charge in [0.15, 0.2) is 6.29 Å². The van der Waals surface area contributed by atoms with E-state index < -0.39 is 18.5 Å². The van der Waals surface area contributed by atoms with Crippen molar-refractivity contribution in [2.75, 3.05) is 7.11 Å². The maximum Gasteiger partial charge on any atom is 0.157 e. The van der Waals surface area contributed by atoms with Crippen LogP contribution in [0.5, 0.6) is 5.75 Å². The van der Waals surface area contributed by atoms with E-state index in [1.54, 1.807) is 14.0 Å². The predicted octanol–water partition coefficient (Wildman–Crippen LogP) is 1.07. The van der Waals surface area contributed by atoms with Gasteiger partial charge in [-0.1, -0.05) is 12.1 Å². The van der Waals surface area contributed by atoms with Crippen molar-refractivity contribution in [1.29, 1.82) is 0 Å². The molecular weight excluding hydrogens is 248 g/mol. The quantitative estimate of drug-likeness (QED) is 0.855. The number of rotatable bonds is 4. The Morgan fingerprint density at radius 2 is 1.95 bits per heavy atom. The molecule has 1 fully saturated rings. The first-order chi connectivity index (χ1) is 9.10. The van der Waals surface area contributed by atoms with Gasteiger partial charge in [-0.3, -0.25) is 0 Å². The third-order valence-corrected chi connectivity index (χ3v) is 3.26. The second-order valence-corrected chi connectivity index (χ2v) is 4.72. The molecule has 0 unspecified atom stereocenters. The summed E-state index contributed by atoms with van der Waals surface area (Å²) in [7, 11) is 1.62. The third-order valence-electron chi connectivity index (χ3n) is 3.26. The Kier molecular flexibility index (Phi) is 4.76. The van der Waals surface area contributed by atoms with Crippen molar-refractivity contribution in [3.05, 3.63) is 29.8 Å². The summed E-state index contributed by atoms with van der Waals surface area (Å²) in [5.41, 5.74) is 0.992. The summed E-state index contributed by atoms with van der Waals surface area (Å²) < 4.78 is 16.0. The van der Waals surface area contributed by atoms with Crippen LogP contribution in [0.1, 0.15) is 18.9 Å². The Bertz CT molecular complexity index is 379. The van der Waals surface area contributed by atoms with Crippen molar-refractivity contribution < 1.29 is 24.4 Å². The maximum absolute atomic E-state index is 9.88. The molecule has 0 spiro atoms. The van der Waals surface area contributed by atoms with Crippen LogP contribution in [-0.2, 0) is 16.1 Å². The first kappa shape index (κ1) is 14.3. The summed E-state index contributed by atoms with van der Waals surface area (Å²) in [5, 5.41) is 19.2. The number of methoxy groups -OCH3 is 1. The minimum atomic E-state index is -0.911. The van der Waals surface area contributed by atoms with Crippen LogP contribution in [0, 0.1) is 0 Å². The van der Waals surface area contributed by atoms with Crippen LogP contribution in [0.2, 0.25) is 0 Å². The van der Waals surface area contributed by atoms with E-state index in [0.29, 0.717) is 6.61 Å². The summed E-state index contributed by atoms with van der Waals surface area (Å²) in [6.07, 6.45) is -2.21. The molecule has 1 heterocycles. The molecule has 0 radical (unpaired) electrons. The summed E-state index contributed by atoms with van der Waals surface area (Å²) >= 11 is 0. The minimum Gasteiger partial charge on any atom is -0.497 e. The maximum atomic E-state index is 9.88. The highest BCUT2D eigenvalue weighted by Gasteiger charge is 2.35. The molecule has 19 heavy (non-hydrogen) atoms. The van der Waals surface area contributed by atoms with Gasteiger partial charge < -0.3 is 24.4 Å². The largest absolute Gasteiger partial charge is 0.497 e. The molecule has 1 aliphatic heterocycles. The number of benzene rings is 1. The Balaban J connectivity index is 1.90. The topological polar surface area (TPSA) is 68.2 Å². The van der Waals surface area contributed by atoms with Crippen LogP contribution in [0.25, 0.3) is 0 Å². The molecule has 2 N–H and O–H groups in total. The lowest BCUT2D eigenvalue weighted by Gasteiger charge is -2.36. The van der Waals surface area contributed by atoms with Gasteiger partial charge in [-0.2, -0.15) is 0 Å². The van der Waals surface area contributed by atoms with Gasteiger partial charge in [-0.05, 0) is 24.6 Å². The highest BCUT2D eigenvalue weighted by Crippen LogP contribution is 2.22. The molecule has 1 aromatic rings. The van der Waals surface area contributed by atoms with Crippen LogP contribution in [0.15, 0.2) is 24.3 Å². The molecule has 5 heteroatoms. The average molecular weight is 268 g/mol. The first-order valence-corrected chi connectivity index (χ1v) is 6.36. The number of hydrogen-bond acceptors (Lipinski definition) is 5. The van der Waals surface area contributed by atoms with E-state index in [1.165, 1.54) is 0 Å². The van der Waals surface area contributed by atoms with Gasteiger partial charge in [0.25, 0.3) is 0 Å². The van der Waals surface area contributed by atoms with Gasteiger partial charge in [0.2, 0.25) is 0 Å². The zero-order chi connectivity index (χ0) is 13.8. The van der Waals surface area contributed by atoms with Crippen molar-refractivity contribution in [1.82, 2.24) is 0 Å². The molecule has 5 nitrogen and oxygen atoms in total. The molecule has 0 bridgehead atoms. The highest BCUT2D eigenvalue weighted by atomic mass is 16.6. The lowest BCUT2D eigenvalue weighted by molar-refractivity contribution is -0.240. The third kappa shape index (κ3) is 3.67. The summed E-state index contributed by atoms with van der Waals surface area (Å²) in [6, 6.07) is 7.54. The summed E-state index contributed by atoms with van der Waals surface area (Å²) in [6.45, 7) is 2.17. The van der Waals surface area contributed by atoms with Crippen molar-refractivity contribution in [3.63, 3.8) is 0 Å². The van der Waals surface area contributed by atoms with E-state index in [1.807, 2.05) is 24.3 Å². The standard InChI is InChI=1S/C14H20O5/c1-9-14(12(15)7-13(16)19-9)18-8-10-3-5-11(17-2)6-4-10/h3-6,9,12-16H,7-8H2,1-2H3/t9-,12-,13-,14-/m1/s1. The van der Waals surface area contributed by atoms with Crippen LogP contribution in [0.4, 0.5) is 0 Å². The molecule has 0 saturated carbocycles. The van der Waals surface area contributed by atoms with Crippen LogP contribution in [0.3, 0.4) is 0 Å². The van der Waals surface area contributed by atoms with Gasteiger partial charge in [-0.25, -0.2) is 0 Å². The summed E-state index contributed by atoms with van der Waals surface area (Å²) in [5.74, 6) is 0.793. The second-order valence-electron chi connectivity index (χ2n) is 4.72. The number of ether oxygens (including phenoxy) is 3. The Labute approximate surface area is 112 Å². The van der Waals surface area contributed by atoms with E-state index in [4.69, 9.17) is 14.2 Å². The van der Waals surface area contributed by atoms with E-state index in [9.17, 15) is 10.2 Å². The lowest BCUT2D eigenvalue weighted by atomic mass is 10.0. The molecule has 0 aromatic heterocycles. The molecule has 4 atom stereocenters. The van der Waals surface area contributed by atoms with Gasteiger partial charge in [-0.15, -0.1) is 0 Å². The number of aliphatic hydroxyl groups is 2. The van der Waals surface area contributed by atoms with Gasteiger partial charge in [0.05, 0.1) is 25.9 Å². The molecular formula is C14H20O5. The van der Waals surface area contributed by atoms with Crippen molar-refractivity contribution >= 4 is 0 Å². The van der Waals surface area contributed by atoms with E-state index in [2.05, 4.69) is 0 Å². The first-order valence-electron chi connectivity index (χ1n) is 6.36. The smallest absolute Gasteiger partial charge is 0.157 e. The zero-order valence-electron chi connectivity index (χ0n) is 11.2. The number of hydrogen-bond donors (Lipinski definition) is 2. The Hall–Kier alpha value is -1.14. The molecule has 1 saturated heterocycles. The predicted molar refractivity (Wildman–Crippen MR) is 68.7 cm³/mol. The molecule has 1 aliphatic rings. The van der Waals surface area contributed by atoms with Gasteiger partial charge >= 0.3 is 0 Å². The SMILES string of the molecule is COc1ccc(CO[C@H]2[C@H](O)C[C@H](O)O[C@@H]2C)cc1. The highest BCUT2D eigenvalue weighted by molar-refractivity contribution is 5.26. The van der Waals surface area contributed by atoms with Crippen molar-refractivity contribution in [2.45, 2.75) is 44.6 Å². The van der Waals surface area contributed by atoms with Crippen LogP contribution < -0.4 is 4.74 Å². The van der Waals surface area contributed by atoms with Gasteiger partial charge in [0, 0.05) is 6.42 Å². The molecule has 0 aliphatic carbocycles. The van der Waals surface area contributed by atoms with E-state index in [-0.39, 0.29) is 12.5 Å². The van der Waals surface area contributed by atoms with Crippen LogP contribution in [-0.4, -0.2) is 41.9 Å². The second kappa shape index (κ2) is 6.34. The monoisotopic (exact) mass is 268 g/mol. The van der Waals surface area contributed by atoms with Crippen LogP contribution >= 0.6 is 0 Å². The van der Waals surface area contributed by atoms with Crippen molar-refractivity contribution in [3.8, 4) is 5.75 Å². The van der Waals surface area contributed by atoms with Crippen molar-refractivity contribution in [2.24, 2.45) is 0 Å². The molecule has 2 rings (SSSR count). The van der Waals surface area contributed by atoms with E-state index >= 15 is 0 Å². The molecule has 106 valence electrons. The Morgan fingerprint density at radius 3 is 2.53 bits per heavy atom. The lowest BCUT2D eigenvalue weighted by Crippen LogP contribution is -2.48. The number of aliphatic hydroxyl groups excluding tert-OH is 2. The molecule has 1 aromatic carbocycles. The Morgan fingerprint density at radius 1 is 1.26 bits per heavy atom.